The van der Waals surface area contributed by atoms with Crippen molar-refractivity contribution in [2.24, 2.45) is 11.7 Å². The van der Waals surface area contributed by atoms with E-state index >= 15 is 0 Å². The van der Waals surface area contributed by atoms with E-state index in [0.717, 1.165) is 5.56 Å². The van der Waals surface area contributed by atoms with Crippen LogP contribution in [-0.4, -0.2) is 47.1 Å². The molecule has 0 aliphatic rings. The van der Waals surface area contributed by atoms with Crippen molar-refractivity contribution in [3.8, 4) is 0 Å². The van der Waals surface area contributed by atoms with Gasteiger partial charge in [-0.25, -0.2) is 10.9 Å². The van der Waals surface area contributed by atoms with Gasteiger partial charge < -0.3 is 15.8 Å². The van der Waals surface area contributed by atoms with E-state index in [4.69, 9.17) is 5.73 Å². The molecule has 0 spiro atoms. The molecule has 0 saturated heterocycles. The molecule has 3 atom stereocenters. The lowest BCUT2D eigenvalue weighted by atomic mass is 10.0. The fourth-order valence-corrected chi connectivity index (χ4v) is 2.91. The van der Waals surface area contributed by atoms with E-state index in [0.29, 0.717) is 12.7 Å². The van der Waals surface area contributed by atoms with E-state index < -0.39 is 40.8 Å². The maximum absolute atomic E-state index is 12.7. The lowest BCUT2D eigenvalue weighted by Gasteiger charge is -2.24. The molecule has 0 bridgehead atoms. The van der Waals surface area contributed by atoms with Gasteiger partial charge in [0, 0.05) is 6.42 Å². The average molecular weight is 437 g/mol. The summed E-state index contributed by atoms with van der Waals surface area (Å²) in [5, 5.41) is 1.48. The van der Waals surface area contributed by atoms with Crippen LogP contribution in [0.15, 0.2) is 30.3 Å². The molecule has 0 heterocycles. The Morgan fingerprint density at radius 2 is 1.70 bits per heavy atom. The minimum Gasteiger partial charge on any atom is -0.370 e. The summed E-state index contributed by atoms with van der Waals surface area (Å²) in [5.74, 6) is -2.15. The summed E-state index contributed by atoms with van der Waals surface area (Å²) in [4.78, 5) is 59.1. The van der Waals surface area contributed by atoms with E-state index in [2.05, 4.69) is 28.8 Å². The summed E-state index contributed by atoms with van der Waals surface area (Å²) >= 11 is 3.56. The molecule has 0 fully saturated rings. The standard InChI is InChI=1S/C20H28N4O5S/c1-12(2)8-14(11-25)23-24-16(10-17(21)26)19(28)22-15(18(27)20(29)30)9-13-6-4-3-5-7-13/h3-7,11-12,14-16,23-24H,8-10H2,1-2H3,(H2,21,26)(H,22,28)(H,29,30)/t14-,15-,16-/m0/s1. The Kier molecular flexibility index (Phi) is 10.9. The first-order valence-corrected chi connectivity index (χ1v) is 9.94. The highest BCUT2D eigenvalue weighted by atomic mass is 32.1. The molecule has 1 rings (SSSR count). The zero-order valence-corrected chi connectivity index (χ0v) is 17.9. The Hall–Kier alpha value is -2.56. The topological polar surface area (TPSA) is 147 Å². The fourth-order valence-electron chi connectivity index (χ4n) is 2.75. The van der Waals surface area contributed by atoms with E-state index in [9.17, 15) is 24.0 Å². The van der Waals surface area contributed by atoms with Gasteiger partial charge in [-0.1, -0.05) is 56.8 Å². The first-order chi connectivity index (χ1) is 14.1. The molecule has 0 unspecified atom stereocenters. The van der Waals surface area contributed by atoms with Crippen molar-refractivity contribution in [1.29, 1.82) is 0 Å². The largest absolute Gasteiger partial charge is 0.370 e. The van der Waals surface area contributed by atoms with Crippen LogP contribution >= 0.6 is 12.6 Å². The summed E-state index contributed by atoms with van der Waals surface area (Å²) < 4.78 is 0. The van der Waals surface area contributed by atoms with Crippen LogP contribution in [0.4, 0.5) is 0 Å². The number of ketones is 1. The number of carbonyl (C=O) groups excluding carboxylic acids is 5. The molecule has 0 radical (unpaired) electrons. The molecule has 0 aliphatic carbocycles. The molecule has 0 aliphatic heterocycles. The fraction of sp³-hybridized carbons (Fsp3) is 0.450. The molecule has 30 heavy (non-hydrogen) atoms. The third-order valence-electron chi connectivity index (χ3n) is 4.18. The Morgan fingerprint density at radius 1 is 1.07 bits per heavy atom. The molecule has 1 aromatic carbocycles. The SMILES string of the molecule is CC(C)C[C@@H](C=O)NN[C@@H](CC(N)=O)C(=O)N[C@@H](Cc1ccccc1)C(=O)C(=O)S. The number of hydrazine groups is 1. The van der Waals surface area contributed by atoms with Crippen LogP contribution in [0, 0.1) is 5.92 Å². The number of carbonyl (C=O) groups is 5. The van der Waals surface area contributed by atoms with Crippen LogP contribution in [0.2, 0.25) is 0 Å². The van der Waals surface area contributed by atoms with Crippen molar-refractivity contribution in [2.75, 3.05) is 0 Å². The highest BCUT2D eigenvalue weighted by molar-refractivity contribution is 7.98. The number of rotatable bonds is 14. The van der Waals surface area contributed by atoms with Crippen molar-refractivity contribution in [2.45, 2.75) is 51.2 Å². The van der Waals surface area contributed by atoms with Crippen molar-refractivity contribution in [3.05, 3.63) is 35.9 Å². The maximum Gasteiger partial charge on any atom is 0.254 e. The van der Waals surface area contributed by atoms with Crippen LogP contribution in [0.25, 0.3) is 0 Å². The number of thiol groups is 1. The summed E-state index contributed by atoms with van der Waals surface area (Å²) in [6, 6.07) is 5.90. The molecule has 5 N–H and O–H groups in total. The van der Waals surface area contributed by atoms with Crippen LogP contribution in [0.5, 0.6) is 0 Å². The zero-order valence-electron chi connectivity index (χ0n) is 17.0. The Morgan fingerprint density at radius 3 is 2.20 bits per heavy atom. The van der Waals surface area contributed by atoms with Gasteiger partial charge in [-0.2, -0.15) is 0 Å². The highest BCUT2D eigenvalue weighted by Crippen LogP contribution is 2.07. The smallest absolute Gasteiger partial charge is 0.254 e. The number of primary amides is 1. The average Bonchev–Trinajstić information content (AvgIpc) is 2.68. The van der Waals surface area contributed by atoms with Crippen LogP contribution in [-0.2, 0) is 30.4 Å². The van der Waals surface area contributed by atoms with Gasteiger partial charge in [-0.15, -0.1) is 0 Å². The number of benzene rings is 1. The predicted octanol–water partition coefficient (Wildman–Crippen LogP) is -0.309. The van der Waals surface area contributed by atoms with Crippen molar-refractivity contribution in [3.63, 3.8) is 0 Å². The van der Waals surface area contributed by atoms with Crippen molar-refractivity contribution in [1.82, 2.24) is 16.2 Å². The highest BCUT2D eigenvalue weighted by Gasteiger charge is 2.29. The number of Topliss-reactive ketones (excluding diaryl/α,β-unsaturated/α-hetero) is 1. The Labute approximate surface area is 180 Å². The van der Waals surface area contributed by atoms with Gasteiger partial charge in [0.1, 0.15) is 18.4 Å². The van der Waals surface area contributed by atoms with E-state index in [1.165, 1.54) is 0 Å². The number of amides is 2. The summed E-state index contributed by atoms with van der Waals surface area (Å²) in [6.07, 6.45) is 0.879. The molecule has 9 nitrogen and oxygen atoms in total. The molecule has 0 saturated carbocycles. The van der Waals surface area contributed by atoms with Crippen molar-refractivity contribution < 1.29 is 24.0 Å². The molecule has 2 amide bonds. The Bertz CT molecular complexity index is 757. The van der Waals surface area contributed by atoms with Gasteiger partial charge in [0.15, 0.2) is 0 Å². The minimum absolute atomic E-state index is 0.0682. The summed E-state index contributed by atoms with van der Waals surface area (Å²) in [7, 11) is 0. The first-order valence-electron chi connectivity index (χ1n) is 9.50. The number of nitrogens with two attached hydrogens (primary N) is 1. The second-order valence-electron chi connectivity index (χ2n) is 7.30. The molecular weight excluding hydrogens is 408 g/mol. The molecule has 10 heteroatoms. The molecule has 1 aromatic rings. The second kappa shape index (κ2) is 12.9. The summed E-state index contributed by atoms with van der Waals surface area (Å²) in [5.41, 5.74) is 11.3. The number of hydrogen-bond donors (Lipinski definition) is 5. The number of hydrogen-bond acceptors (Lipinski definition) is 7. The first kappa shape index (κ1) is 25.5. The second-order valence-corrected chi connectivity index (χ2v) is 7.71. The number of nitrogens with one attached hydrogen (secondary N) is 3. The van der Waals surface area contributed by atoms with E-state index in [-0.39, 0.29) is 18.8 Å². The van der Waals surface area contributed by atoms with Crippen LogP contribution < -0.4 is 21.9 Å². The van der Waals surface area contributed by atoms with Gasteiger partial charge in [-0.3, -0.25) is 19.2 Å². The van der Waals surface area contributed by atoms with E-state index in [1.807, 2.05) is 13.8 Å². The molecule has 164 valence electrons. The summed E-state index contributed by atoms with van der Waals surface area (Å²) in [6.45, 7) is 3.86. The van der Waals surface area contributed by atoms with Crippen LogP contribution in [0.1, 0.15) is 32.3 Å². The number of aldehydes is 1. The quantitative estimate of drug-likeness (QED) is 0.116. The van der Waals surface area contributed by atoms with E-state index in [1.54, 1.807) is 30.3 Å². The molecular formula is C20H28N4O5S. The zero-order chi connectivity index (χ0) is 22.7. The Balaban J connectivity index is 2.92. The lowest BCUT2D eigenvalue weighted by molar-refractivity contribution is -0.135. The predicted molar refractivity (Wildman–Crippen MR) is 114 cm³/mol. The van der Waals surface area contributed by atoms with Gasteiger partial charge in [0.05, 0.1) is 12.5 Å². The van der Waals surface area contributed by atoms with Gasteiger partial charge in [-0.05, 0) is 17.9 Å². The third kappa shape index (κ3) is 9.29. The van der Waals surface area contributed by atoms with Gasteiger partial charge in [0.2, 0.25) is 17.6 Å². The van der Waals surface area contributed by atoms with Gasteiger partial charge >= 0.3 is 0 Å². The normalized spacial score (nSPS) is 13.9. The monoisotopic (exact) mass is 436 g/mol. The van der Waals surface area contributed by atoms with Gasteiger partial charge in [0.25, 0.3) is 5.12 Å². The van der Waals surface area contributed by atoms with Crippen molar-refractivity contribution >= 4 is 41.6 Å². The lowest BCUT2D eigenvalue weighted by Crippen LogP contribution is -2.57. The molecule has 0 aromatic heterocycles. The minimum atomic E-state index is -1.17. The maximum atomic E-state index is 12.7. The van der Waals surface area contributed by atoms with Crippen LogP contribution in [0.3, 0.4) is 0 Å². The third-order valence-corrected chi connectivity index (χ3v) is 4.40.